The molecule has 2 amide bonds. The van der Waals surface area contributed by atoms with Gasteiger partial charge in [-0.3, -0.25) is 9.59 Å². The third kappa shape index (κ3) is 5.39. The molecule has 22 heavy (non-hydrogen) atoms. The summed E-state index contributed by atoms with van der Waals surface area (Å²) < 4.78 is 0. The average molecular weight is 303 g/mol. The van der Waals surface area contributed by atoms with E-state index in [1.54, 1.807) is 0 Å². The maximum absolute atomic E-state index is 11.8. The van der Waals surface area contributed by atoms with Gasteiger partial charge in [0.15, 0.2) is 0 Å². The molecule has 3 N–H and O–H groups in total. The number of carbonyl (C=O) groups excluding carboxylic acids is 2. The van der Waals surface area contributed by atoms with Crippen molar-refractivity contribution in [1.82, 2.24) is 5.32 Å². The molecule has 0 heterocycles. The summed E-state index contributed by atoms with van der Waals surface area (Å²) >= 11 is 0. The van der Waals surface area contributed by atoms with E-state index >= 15 is 0 Å². The Labute approximate surface area is 131 Å². The summed E-state index contributed by atoms with van der Waals surface area (Å²) in [4.78, 5) is 22.7. The van der Waals surface area contributed by atoms with Crippen LogP contribution < -0.4 is 16.0 Å². The van der Waals surface area contributed by atoms with Crippen molar-refractivity contribution in [3.05, 3.63) is 24.3 Å². The van der Waals surface area contributed by atoms with Gasteiger partial charge < -0.3 is 16.0 Å². The molecule has 0 saturated heterocycles. The molecule has 1 aliphatic carbocycles. The van der Waals surface area contributed by atoms with Gasteiger partial charge in [0.25, 0.3) is 0 Å². The van der Waals surface area contributed by atoms with Crippen molar-refractivity contribution in [2.24, 2.45) is 5.92 Å². The van der Waals surface area contributed by atoms with Gasteiger partial charge in [-0.1, -0.05) is 31.4 Å². The van der Waals surface area contributed by atoms with Gasteiger partial charge in [-0.15, -0.1) is 0 Å². The highest BCUT2D eigenvalue weighted by molar-refractivity contribution is 5.96. The molecule has 0 aliphatic heterocycles. The molecule has 0 bridgehead atoms. The fourth-order valence-electron chi connectivity index (χ4n) is 2.79. The summed E-state index contributed by atoms with van der Waals surface area (Å²) in [6.45, 7) is 2.33. The maximum atomic E-state index is 11.8. The molecule has 1 aliphatic rings. The summed E-state index contributed by atoms with van der Waals surface area (Å²) in [5, 5.41) is 8.79. The molecule has 0 radical (unpaired) electrons. The Morgan fingerprint density at radius 3 is 2.45 bits per heavy atom. The number of benzene rings is 1. The van der Waals surface area contributed by atoms with Gasteiger partial charge in [0.2, 0.25) is 11.8 Å². The van der Waals surface area contributed by atoms with E-state index in [0.717, 1.165) is 23.8 Å². The van der Waals surface area contributed by atoms with Crippen LogP contribution in [-0.2, 0) is 9.59 Å². The van der Waals surface area contributed by atoms with E-state index in [0.29, 0.717) is 0 Å². The third-order valence-electron chi connectivity index (χ3n) is 4.00. The minimum Gasteiger partial charge on any atom is -0.383 e. The molecular weight excluding hydrogens is 278 g/mol. The smallest absolute Gasteiger partial charge is 0.243 e. The lowest BCUT2D eigenvalue weighted by molar-refractivity contribution is -0.122. The fraction of sp³-hybridized carbons (Fsp3) is 0.529. The average Bonchev–Trinajstić information content (AvgIpc) is 2.53. The van der Waals surface area contributed by atoms with E-state index in [9.17, 15) is 9.59 Å². The number of carbonyl (C=O) groups is 2. The Hall–Kier alpha value is -2.04. The second-order valence-corrected chi connectivity index (χ2v) is 5.89. The minimum absolute atomic E-state index is 0.00765. The Kier molecular flexibility index (Phi) is 6.25. The lowest BCUT2D eigenvalue weighted by atomic mass is 9.89. The lowest BCUT2D eigenvalue weighted by Crippen LogP contribution is -2.31. The van der Waals surface area contributed by atoms with E-state index in [4.69, 9.17) is 0 Å². The van der Waals surface area contributed by atoms with Gasteiger partial charge in [-0.05, 0) is 30.9 Å². The van der Waals surface area contributed by atoms with Crippen molar-refractivity contribution in [2.45, 2.75) is 39.0 Å². The number of nitrogens with one attached hydrogen (secondary N) is 3. The molecule has 1 saturated carbocycles. The molecule has 0 atom stereocenters. The molecule has 0 unspecified atom stereocenters. The van der Waals surface area contributed by atoms with Crippen molar-refractivity contribution < 1.29 is 9.59 Å². The molecular formula is C17H25N3O2. The van der Waals surface area contributed by atoms with Crippen LogP contribution in [0.2, 0.25) is 0 Å². The first-order chi connectivity index (χ1) is 10.6. The van der Waals surface area contributed by atoms with E-state index in [-0.39, 0.29) is 18.4 Å². The van der Waals surface area contributed by atoms with Crippen molar-refractivity contribution in [1.29, 1.82) is 0 Å². The second-order valence-electron chi connectivity index (χ2n) is 5.89. The van der Waals surface area contributed by atoms with E-state index < -0.39 is 0 Å². The summed E-state index contributed by atoms with van der Waals surface area (Å²) in [5.74, 6) is 0.290. The number of anilines is 2. The summed E-state index contributed by atoms with van der Waals surface area (Å²) in [6, 6.07) is 7.68. The van der Waals surface area contributed by atoms with Crippen LogP contribution in [0.4, 0.5) is 11.4 Å². The standard InChI is InChI=1S/C17H25N3O2/c1-13(21)18-12-17(22)20-16-10-6-5-9-15(16)19-11-14-7-3-2-4-8-14/h5-6,9-10,14,19H,2-4,7-8,11-12H2,1H3,(H,18,21)(H,20,22). The largest absolute Gasteiger partial charge is 0.383 e. The Morgan fingerprint density at radius 2 is 1.77 bits per heavy atom. The van der Waals surface area contributed by atoms with Crippen molar-refractivity contribution in [3.63, 3.8) is 0 Å². The van der Waals surface area contributed by atoms with Crippen LogP contribution in [-0.4, -0.2) is 24.9 Å². The monoisotopic (exact) mass is 303 g/mol. The van der Waals surface area contributed by atoms with Crippen molar-refractivity contribution in [3.8, 4) is 0 Å². The molecule has 2 rings (SSSR count). The minimum atomic E-state index is -0.220. The first-order valence-corrected chi connectivity index (χ1v) is 8.02. The van der Waals surface area contributed by atoms with Crippen LogP contribution in [0.15, 0.2) is 24.3 Å². The first-order valence-electron chi connectivity index (χ1n) is 8.02. The number of para-hydroxylation sites is 2. The molecule has 0 aromatic heterocycles. The fourth-order valence-corrected chi connectivity index (χ4v) is 2.79. The predicted molar refractivity (Wildman–Crippen MR) is 88.8 cm³/mol. The zero-order valence-electron chi connectivity index (χ0n) is 13.2. The molecule has 1 aromatic carbocycles. The van der Waals surface area contributed by atoms with Crippen molar-refractivity contribution >= 4 is 23.2 Å². The molecule has 5 nitrogen and oxygen atoms in total. The third-order valence-corrected chi connectivity index (χ3v) is 4.00. The Balaban J connectivity index is 1.88. The number of rotatable bonds is 6. The lowest BCUT2D eigenvalue weighted by Gasteiger charge is -2.23. The highest BCUT2D eigenvalue weighted by Crippen LogP contribution is 2.26. The van der Waals surface area contributed by atoms with Crippen LogP contribution in [0.1, 0.15) is 39.0 Å². The van der Waals surface area contributed by atoms with Crippen LogP contribution in [0.25, 0.3) is 0 Å². The van der Waals surface area contributed by atoms with Crippen LogP contribution in [0, 0.1) is 5.92 Å². The topological polar surface area (TPSA) is 70.2 Å². The van der Waals surface area contributed by atoms with E-state index in [1.807, 2.05) is 24.3 Å². The normalized spacial score (nSPS) is 15.1. The molecule has 0 spiro atoms. The second kappa shape index (κ2) is 8.41. The van der Waals surface area contributed by atoms with Gasteiger partial charge in [-0.25, -0.2) is 0 Å². The van der Waals surface area contributed by atoms with Crippen LogP contribution in [0.3, 0.4) is 0 Å². The van der Waals surface area contributed by atoms with Crippen LogP contribution in [0.5, 0.6) is 0 Å². The summed E-state index contributed by atoms with van der Waals surface area (Å²) in [5.41, 5.74) is 1.69. The predicted octanol–water partition coefficient (Wildman–Crippen LogP) is 2.75. The van der Waals surface area contributed by atoms with E-state index in [1.165, 1.54) is 39.0 Å². The van der Waals surface area contributed by atoms with Gasteiger partial charge in [0.05, 0.1) is 17.9 Å². The highest BCUT2D eigenvalue weighted by Gasteiger charge is 2.14. The summed E-state index contributed by atoms with van der Waals surface area (Å²) in [7, 11) is 0. The zero-order valence-corrected chi connectivity index (χ0v) is 13.2. The van der Waals surface area contributed by atoms with Gasteiger partial charge in [-0.2, -0.15) is 0 Å². The van der Waals surface area contributed by atoms with E-state index in [2.05, 4.69) is 16.0 Å². The maximum Gasteiger partial charge on any atom is 0.243 e. The van der Waals surface area contributed by atoms with Crippen molar-refractivity contribution in [2.75, 3.05) is 23.7 Å². The van der Waals surface area contributed by atoms with Crippen LogP contribution >= 0.6 is 0 Å². The quantitative estimate of drug-likeness (QED) is 0.757. The SMILES string of the molecule is CC(=O)NCC(=O)Nc1ccccc1NCC1CCCCC1. The molecule has 120 valence electrons. The summed E-state index contributed by atoms with van der Waals surface area (Å²) in [6.07, 6.45) is 6.56. The molecule has 5 heteroatoms. The van der Waals surface area contributed by atoms with Gasteiger partial charge >= 0.3 is 0 Å². The van der Waals surface area contributed by atoms with Gasteiger partial charge in [0.1, 0.15) is 0 Å². The number of hydrogen-bond acceptors (Lipinski definition) is 3. The first kappa shape index (κ1) is 16.3. The zero-order chi connectivity index (χ0) is 15.8. The Bertz CT molecular complexity index is 510. The number of amides is 2. The molecule has 1 fully saturated rings. The highest BCUT2D eigenvalue weighted by atomic mass is 16.2. The Morgan fingerprint density at radius 1 is 1.09 bits per heavy atom. The number of hydrogen-bond donors (Lipinski definition) is 3. The molecule has 1 aromatic rings. The van der Waals surface area contributed by atoms with Gasteiger partial charge in [0, 0.05) is 13.5 Å².